The van der Waals surface area contributed by atoms with Crippen LogP contribution in [0.4, 0.5) is 9.18 Å². The lowest BCUT2D eigenvalue weighted by molar-refractivity contribution is -0.123. The molecule has 0 unspecified atom stereocenters. The number of rotatable bonds is 4. The molecule has 0 atom stereocenters. The Morgan fingerprint density at radius 3 is 2.64 bits per heavy atom. The molecular weight excluding hydrogens is 349 g/mol. The summed E-state index contributed by atoms with van der Waals surface area (Å²) >= 11 is 0.789. The van der Waals surface area contributed by atoms with Crippen LogP contribution in [0.2, 0.25) is 0 Å². The number of furan rings is 1. The summed E-state index contributed by atoms with van der Waals surface area (Å²) in [7, 11) is 1.22. The van der Waals surface area contributed by atoms with Crippen molar-refractivity contribution in [1.82, 2.24) is 4.90 Å². The predicted octanol–water partition coefficient (Wildman–Crippen LogP) is 3.44. The first kappa shape index (κ1) is 17.0. The Kier molecular flexibility index (Phi) is 4.71. The van der Waals surface area contributed by atoms with Gasteiger partial charge in [0.15, 0.2) is 0 Å². The van der Waals surface area contributed by atoms with E-state index in [9.17, 15) is 18.8 Å². The average molecular weight is 361 g/mol. The molecule has 0 bridgehead atoms. The molecule has 2 amide bonds. The summed E-state index contributed by atoms with van der Waals surface area (Å²) in [5.74, 6) is -1.23. The summed E-state index contributed by atoms with van der Waals surface area (Å²) in [6.45, 7) is -0.0948. The fraction of sp³-hybridized carbons (Fsp3) is 0.118. The first-order chi connectivity index (χ1) is 12.0. The normalized spacial score (nSPS) is 15.9. The van der Waals surface area contributed by atoms with Crippen molar-refractivity contribution >= 4 is 35.0 Å². The molecule has 1 aliphatic heterocycles. The van der Waals surface area contributed by atoms with E-state index in [4.69, 9.17) is 4.42 Å². The number of nitrogens with zero attached hydrogens (tertiary/aromatic N) is 1. The standard InChI is InChI=1S/C17H12FNO5S/c1-23-16(21)13-7-6-12(24-13)9-19-15(20)14(25-17(19)22)8-10-2-4-11(18)5-3-10/h2-8H,9H2,1H3/b14-8+. The molecule has 1 aromatic carbocycles. The number of benzene rings is 1. The Labute approximate surface area is 146 Å². The van der Waals surface area contributed by atoms with Gasteiger partial charge in [0, 0.05) is 0 Å². The maximum absolute atomic E-state index is 12.9. The van der Waals surface area contributed by atoms with Crippen LogP contribution >= 0.6 is 11.8 Å². The van der Waals surface area contributed by atoms with Gasteiger partial charge in [-0.15, -0.1) is 0 Å². The third-order valence-corrected chi connectivity index (χ3v) is 4.31. The second kappa shape index (κ2) is 6.94. The first-order valence-corrected chi connectivity index (χ1v) is 7.97. The number of hydrogen-bond acceptors (Lipinski definition) is 6. The lowest BCUT2D eigenvalue weighted by Crippen LogP contribution is -2.27. The van der Waals surface area contributed by atoms with E-state index in [1.54, 1.807) is 0 Å². The highest BCUT2D eigenvalue weighted by Gasteiger charge is 2.35. The van der Waals surface area contributed by atoms with Crippen molar-refractivity contribution < 1.29 is 27.9 Å². The molecule has 1 saturated heterocycles. The highest BCUT2D eigenvalue weighted by Crippen LogP contribution is 2.33. The van der Waals surface area contributed by atoms with E-state index < -0.39 is 17.1 Å². The number of methoxy groups -OCH3 is 1. The van der Waals surface area contributed by atoms with Gasteiger partial charge >= 0.3 is 5.97 Å². The second-order valence-electron chi connectivity index (χ2n) is 5.08. The summed E-state index contributed by atoms with van der Waals surface area (Å²) in [4.78, 5) is 37.1. The molecule has 25 heavy (non-hydrogen) atoms. The predicted molar refractivity (Wildman–Crippen MR) is 88.0 cm³/mol. The summed E-state index contributed by atoms with van der Waals surface area (Å²) in [6, 6.07) is 8.48. The van der Waals surface area contributed by atoms with E-state index in [1.165, 1.54) is 49.6 Å². The lowest BCUT2D eigenvalue weighted by Gasteiger charge is -2.09. The van der Waals surface area contributed by atoms with Crippen molar-refractivity contribution in [2.24, 2.45) is 0 Å². The number of carbonyl (C=O) groups excluding carboxylic acids is 3. The summed E-state index contributed by atoms with van der Waals surface area (Å²) < 4.78 is 22.7. The lowest BCUT2D eigenvalue weighted by atomic mass is 10.2. The Morgan fingerprint density at radius 1 is 1.24 bits per heavy atom. The fourth-order valence-corrected chi connectivity index (χ4v) is 3.01. The molecule has 0 radical (unpaired) electrons. The van der Waals surface area contributed by atoms with Crippen molar-refractivity contribution in [2.45, 2.75) is 6.54 Å². The van der Waals surface area contributed by atoms with Crippen molar-refractivity contribution in [2.75, 3.05) is 7.11 Å². The second-order valence-corrected chi connectivity index (χ2v) is 6.07. The minimum atomic E-state index is -0.642. The molecule has 1 fully saturated rings. The SMILES string of the molecule is COC(=O)c1ccc(CN2C(=O)S/C(=C/c3ccc(F)cc3)C2=O)o1. The quantitative estimate of drug-likeness (QED) is 0.613. The van der Waals surface area contributed by atoms with E-state index in [0.29, 0.717) is 5.56 Å². The van der Waals surface area contributed by atoms with Gasteiger partial charge in [0.2, 0.25) is 5.76 Å². The van der Waals surface area contributed by atoms with Gasteiger partial charge in [-0.25, -0.2) is 9.18 Å². The number of thioether (sulfide) groups is 1. The Morgan fingerprint density at radius 2 is 1.96 bits per heavy atom. The number of esters is 1. The van der Waals surface area contributed by atoms with Gasteiger partial charge < -0.3 is 9.15 Å². The molecule has 128 valence electrons. The molecule has 0 spiro atoms. The zero-order valence-corrected chi connectivity index (χ0v) is 13.8. The average Bonchev–Trinajstić information content (AvgIpc) is 3.17. The van der Waals surface area contributed by atoms with Gasteiger partial charge in [0.05, 0.1) is 18.6 Å². The van der Waals surface area contributed by atoms with Gasteiger partial charge in [-0.3, -0.25) is 14.5 Å². The molecule has 6 nitrogen and oxygen atoms in total. The number of carbonyl (C=O) groups is 3. The number of hydrogen-bond donors (Lipinski definition) is 0. The monoisotopic (exact) mass is 361 g/mol. The minimum Gasteiger partial charge on any atom is -0.463 e. The van der Waals surface area contributed by atoms with E-state index in [1.807, 2.05) is 0 Å². The largest absolute Gasteiger partial charge is 0.463 e. The number of halogens is 1. The molecule has 1 aliphatic rings. The van der Waals surface area contributed by atoms with E-state index in [-0.39, 0.29) is 28.8 Å². The number of amides is 2. The zero-order chi connectivity index (χ0) is 18.0. The van der Waals surface area contributed by atoms with Crippen LogP contribution in [0.3, 0.4) is 0 Å². The topological polar surface area (TPSA) is 76.8 Å². The van der Waals surface area contributed by atoms with Crippen LogP contribution in [0.15, 0.2) is 45.7 Å². The van der Waals surface area contributed by atoms with Crippen LogP contribution in [0.1, 0.15) is 21.9 Å². The summed E-state index contributed by atoms with van der Waals surface area (Å²) in [5, 5.41) is -0.450. The van der Waals surface area contributed by atoms with Crippen molar-refractivity contribution in [3.63, 3.8) is 0 Å². The number of ether oxygens (including phenoxy) is 1. The number of imide groups is 1. The molecule has 8 heteroatoms. The maximum Gasteiger partial charge on any atom is 0.373 e. The molecule has 0 aliphatic carbocycles. The van der Waals surface area contributed by atoms with Crippen LogP contribution < -0.4 is 0 Å². The molecule has 1 aromatic heterocycles. The highest BCUT2D eigenvalue weighted by atomic mass is 32.2. The smallest absolute Gasteiger partial charge is 0.373 e. The van der Waals surface area contributed by atoms with E-state index >= 15 is 0 Å². The zero-order valence-electron chi connectivity index (χ0n) is 13.0. The Bertz CT molecular complexity index is 871. The van der Waals surface area contributed by atoms with Crippen LogP contribution in [0.5, 0.6) is 0 Å². The molecule has 0 saturated carbocycles. The molecular formula is C17H12FNO5S. The third kappa shape index (κ3) is 3.63. The Balaban J connectivity index is 1.76. The molecule has 0 N–H and O–H groups in total. The molecule has 3 rings (SSSR count). The van der Waals surface area contributed by atoms with E-state index in [2.05, 4.69) is 4.74 Å². The van der Waals surface area contributed by atoms with Crippen LogP contribution in [0.25, 0.3) is 6.08 Å². The van der Waals surface area contributed by atoms with Crippen molar-refractivity contribution in [3.8, 4) is 0 Å². The van der Waals surface area contributed by atoms with Crippen LogP contribution in [-0.4, -0.2) is 29.1 Å². The summed E-state index contributed by atoms with van der Waals surface area (Å²) in [5.41, 5.74) is 0.609. The summed E-state index contributed by atoms with van der Waals surface area (Å²) in [6.07, 6.45) is 1.52. The minimum absolute atomic E-state index is 0.00803. The Hall–Kier alpha value is -2.87. The van der Waals surface area contributed by atoms with Gasteiger partial charge in [-0.1, -0.05) is 12.1 Å². The van der Waals surface area contributed by atoms with Gasteiger partial charge in [-0.05, 0) is 47.7 Å². The third-order valence-electron chi connectivity index (χ3n) is 3.40. The highest BCUT2D eigenvalue weighted by molar-refractivity contribution is 8.18. The fourth-order valence-electron chi connectivity index (χ4n) is 2.18. The molecule has 2 heterocycles. The van der Waals surface area contributed by atoms with Crippen LogP contribution in [0, 0.1) is 5.82 Å². The van der Waals surface area contributed by atoms with Gasteiger partial charge in [0.25, 0.3) is 11.1 Å². The van der Waals surface area contributed by atoms with Crippen molar-refractivity contribution in [3.05, 3.63) is 64.2 Å². The van der Waals surface area contributed by atoms with Crippen molar-refractivity contribution in [1.29, 1.82) is 0 Å². The molecule has 2 aromatic rings. The van der Waals surface area contributed by atoms with E-state index in [0.717, 1.165) is 16.7 Å². The van der Waals surface area contributed by atoms with Gasteiger partial charge in [0.1, 0.15) is 11.6 Å². The van der Waals surface area contributed by atoms with Crippen LogP contribution in [-0.2, 0) is 16.1 Å². The first-order valence-electron chi connectivity index (χ1n) is 7.16. The maximum atomic E-state index is 12.9. The van der Waals surface area contributed by atoms with Gasteiger partial charge in [-0.2, -0.15) is 0 Å².